The lowest BCUT2D eigenvalue weighted by Crippen LogP contribution is -2.35. The Bertz CT molecular complexity index is 568. The lowest BCUT2D eigenvalue weighted by atomic mass is 9.99. The van der Waals surface area contributed by atoms with Crippen molar-refractivity contribution in [2.75, 3.05) is 11.9 Å². The van der Waals surface area contributed by atoms with Crippen LogP contribution in [0, 0.1) is 0 Å². The minimum Gasteiger partial charge on any atom is -0.374 e. The minimum absolute atomic E-state index is 0.0125. The van der Waals surface area contributed by atoms with Crippen molar-refractivity contribution in [2.24, 2.45) is 0 Å². The van der Waals surface area contributed by atoms with Crippen molar-refractivity contribution in [3.8, 4) is 0 Å². The second kappa shape index (κ2) is 5.60. The monoisotopic (exact) mass is 334 g/mol. The molecular formula is C16H19BrN2O. The minimum atomic E-state index is 0.0125. The van der Waals surface area contributed by atoms with Gasteiger partial charge in [-0.2, -0.15) is 0 Å². The summed E-state index contributed by atoms with van der Waals surface area (Å²) < 4.78 is 1.00. The molecule has 1 aromatic carbocycles. The normalized spacial score (nSPS) is 23.9. The Morgan fingerprint density at radius 1 is 1.45 bits per heavy atom. The standard InChI is InChI=1S/C16H19BrN2O/c1-2-12-5-3-4-8-19(12)10-14-13-9-11(17)6-7-15(13)18-16(14)20/h6-7,9-10,12H,2-5,8H2,1H3,(H,18,20)/b14-10+. The number of hydrogen-bond donors (Lipinski definition) is 1. The van der Waals surface area contributed by atoms with Crippen LogP contribution >= 0.6 is 15.9 Å². The number of benzene rings is 1. The molecule has 106 valence electrons. The predicted octanol–water partition coefficient (Wildman–Crippen LogP) is 4.01. The van der Waals surface area contributed by atoms with Gasteiger partial charge in [-0.3, -0.25) is 4.79 Å². The van der Waals surface area contributed by atoms with Gasteiger partial charge in [0, 0.05) is 34.5 Å². The maximum Gasteiger partial charge on any atom is 0.257 e. The van der Waals surface area contributed by atoms with E-state index in [1.165, 1.54) is 19.3 Å². The largest absolute Gasteiger partial charge is 0.374 e. The summed E-state index contributed by atoms with van der Waals surface area (Å²) in [6, 6.07) is 6.49. The number of nitrogens with one attached hydrogen (secondary N) is 1. The molecule has 2 heterocycles. The van der Waals surface area contributed by atoms with Crippen LogP contribution < -0.4 is 5.32 Å². The first-order valence-corrected chi connectivity index (χ1v) is 8.07. The molecule has 1 aromatic rings. The molecule has 2 aliphatic rings. The Labute approximate surface area is 128 Å². The van der Waals surface area contributed by atoms with Gasteiger partial charge in [0.1, 0.15) is 0 Å². The highest BCUT2D eigenvalue weighted by atomic mass is 79.9. The lowest BCUT2D eigenvalue weighted by molar-refractivity contribution is -0.110. The summed E-state index contributed by atoms with van der Waals surface area (Å²) in [6.07, 6.45) is 6.95. The van der Waals surface area contributed by atoms with Gasteiger partial charge in [0.25, 0.3) is 5.91 Å². The molecule has 1 fully saturated rings. The van der Waals surface area contributed by atoms with Crippen molar-refractivity contribution < 1.29 is 4.79 Å². The maximum absolute atomic E-state index is 12.2. The molecule has 0 radical (unpaired) electrons. The van der Waals surface area contributed by atoms with E-state index in [-0.39, 0.29) is 5.91 Å². The average Bonchev–Trinajstić information content (AvgIpc) is 2.76. The second-order valence-electron chi connectivity index (χ2n) is 5.48. The number of hydrogen-bond acceptors (Lipinski definition) is 2. The maximum atomic E-state index is 12.2. The molecule has 0 bridgehead atoms. The van der Waals surface area contributed by atoms with Gasteiger partial charge in [0.15, 0.2) is 0 Å². The van der Waals surface area contributed by atoms with Crippen LogP contribution in [0.3, 0.4) is 0 Å². The zero-order valence-electron chi connectivity index (χ0n) is 11.7. The number of amides is 1. The molecule has 0 saturated carbocycles. The number of likely N-dealkylation sites (tertiary alicyclic amines) is 1. The topological polar surface area (TPSA) is 32.3 Å². The van der Waals surface area contributed by atoms with Gasteiger partial charge in [-0.25, -0.2) is 0 Å². The lowest BCUT2D eigenvalue weighted by Gasteiger charge is -2.34. The van der Waals surface area contributed by atoms with Gasteiger partial charge in [0.05, 0.1) is 5.57 Å². The highest BCUT2D eigenvalue weighted by Gasteiger charge is 2.27. The predicted molar refractivity (Wildman–Crippen MR) is 85.4 cm³/mol. The van der Waals surface area contributed by atoms with E-state index in [2.05, 4.69) is 39.3 Å². The highest BCUT2D eigenvalue weighted by molar-refractivity contribution is 9.10. The number of piperidine rings is 1. The fourth-order valence-electron chi connectivity index (χ4n) is 3.09. The third kappa shape index (κ3) is 2.49. The third-order valence-corrected chi connectivity index (χ3v) is 4.70. The van der Waals surface area contributed by atoms with Gasteiger partial charge < -0.3 is 10.2 Å². The van der Waals surface area contributed by atoms with Gasteiger partial charge in [-0.1, -0.05) is 22.9 Å². The SMILES string of the molecule is CCC1CCCCN1/C=C1/C(=O)Nc2ccc(Br)cc21. The van der Waals surface area contributed by atoms with E-state index >= 15 is 0 Å². The number of carbonyl (C=O) groups is 1. The number of anilines is 1. The molecule has 3 rings (SSSR count). The van der Waals surface area contributed by atoms with Crippen LogP contribution in [-0.2, 0) is 4.79 Å². The average molecular weight is 335 g/mol. The fraction of sp³-hybridized carbons (Fsp3) is 0.438. The number of fused-ring (bicyclic) bond motifs is 1. The molecule has 2 aliphatic heterocycles. The molecule has 1 N–H and O–H groups in total. The first-order chi connectivity index (χ1) is 9.69. The van der Waals surface area contributed by atoms with Crippen LogP contribution in [0.25, 0.3) is 5.57 Å². The second-order valence-corrected chi connectivity index (χ2v) is 6.40. The molecule has 4 heteroatoms. The Morgan fingerprint density at radius 3 is 3.10 bits per heavy atom. The number of halogens is 1. The highest BCUT2D eigenvalue weighted by Crippen LogP contribution is 2.35. The molecule has 1 atom stereocenters. The quantitative estimate of drug-likeness (QED) is 0.829. The van der Waals surface area contributed by atoms with Gasteiger partial charge in [0.2, 0.25) is 0 Å². The van der Waals surface area contributed by atoms with E-state index in [0.717, 1.165) is 34.3 Å². The molecule has 1 saturated heterocycles. The first kappa shape index (κ1) is 13.7. The van der Waals surface area contributed by atoms with Crippen molar-refractivity contribution in [3.63, 3.8) is 0 Å². The van der Waals surface area contributed by atoms with Crippen LogP contribution in [0.5, 0.6) is 0 Å². The molecule has 20 heavy (non-hydrogen) atoms. The van der Waals surface area contributed by atoms with Crippen LogP contribution in [0.15, 0.2) is 28.9 Å². The zero-order valence-corrected chi connectivity index (χ0v) is 13.2. The van der Waals surface area contributed by atoms with Crippen molar-refractivity contribution in [1.29, 1.82) is 0 Å². The zero-order chi connectivity index (χ0) is 14.1. The van der Waals surface area contributed by atoms with Gasteiger partial charge in [-0.15, -0.1) is 0 Å². The number of nitrogens with zero attached hydrogens (tertiary/aromatic N) is 1. The summed E-state index contributed by atoms with van der Waals surface area (Å²) in [5, 5.41) is 2.94. The van der Waals surface area contributed by atoms with Crippen molar-refractivity contribution >= 4 is 33.1 Å². The summed E-state index contributed by atoms with van der Waals surface area (Å²) in [7, 11) is 0. The van der Waals surface area contributed by atoms with Crippen molar-refractivity contribution in [1.82, 2.24) is 4.90 Å². The van der Waals surface area contributed by atoms with E-state index in [1.54, 1.807) is 0 Å². The van der Waals surface area contributed by atoms with E-state index in [1.807, 2.05) is 18.2 Å². The first-order valence-electron chi connectivity index (χ1n) is 7.28. The van der Waals surface area contributed by atoms with Crippen LogP contribution in [0.2, 0.25) is 0 Å². The number of carbonyl (C=O) groups excluding carboxylic acids is 1. The van der Waals surface area contributed by atoms with Gasteiger partial charge in [-0.05, 0) is 43.9 Å². The van der Waals surface area contributed by atoms with Crippen LogP contribution in [0.1, 0.15) is 38.2 Å². The molecule has 0 aromatic heterocycles. The third-order valence-electron chi connectivity index (χ3n) is 4.20. The van der Waals surface area contributed by atoms with Crippen LogP contribution in [0.4, 0.5) is 5.69 Å². The molecule has 3 nitrogen and oxygen atoms in total. The molecular weight excluding hydrogens is 316 g/mol. The van der Waals surface area contributed by atoms with E-state index < -0.39 is 0 Å². The summed E-state index contributed by atoms with van der Waals surface area (Å²) >= 11 is 3.48. The summed E-state index contributed by atoms with van der Waals surface area (Å²) in [5.41, 5.74) is 2.71. The fourth-order valence-corrected chi connectivity index (χ4v) is 3.45. The van der Waals surface area contributed by atoms with Crippen molar-refractivity contribution in [3.05, 3.63) is 34.4 Å². The Morgan fingerprint density at radius 2 is 2.30 bits per heavy atom. The van der Waals surface area contributed by atoms with E-state index in [4.69, 9.17) is 0 Å². The number of rotatable bonds is 2. The van der Waals surface area contributed by atoms with E-state index in [0.29, 0.717) is 6.04 Å². The molecule has 0 spiro atoms. The van der Waals surface area contributed by atoms with Crippen molar-refractivity contribution in [2.45, 2.75) is 38.6 Å². The molecule has 1 amide bonds. The molecule has 1 unspecified atom stereocenters. The van der Waals surface area contributed by atoms with Crippen LogP contribution in [-0.4, -0.2) is 23.4 Å². The Hall–Kier alpha value is -1.29. The van der Waals surface area contributed by atoms with E-state index in [9.17, 15) is 4.79 Å². The Balaban J connectivity index is 1.95. The molecule has 0 aliphatic carbocycles. The summed E-state index contributed by atoms with van der Waals surface area (Å²) in [6.45, 7) is 3.28. The van der Waals surface area contributed by atoms with Gasteiger partial charge >= 0.3 is 0 Å². The smallest absolute Gasteiger partial charge is 0.257 e. The summed E-state index contributed by atoms with van der Waals surface area (Å²) in [5.74, 6) is 0.0125. The Kier molecular flexibility index (Phi) is 3.83. The summed E-state index contributed by atoms with van der Waals surface area (Å²) in [4.78, 5) is 14.5.